The summed E-state index contributed by atoms with van der Waals surface area (Å²) in [6.07, 6.45) is 0. The minimum Gasteiger partial charge on any atom is -0.316 e. The smallest absolute Gasteiger partial charge is 0.132 e. The standard InChI is InChI=1S/C12H14FN3/c1-8-10(7-14-2)12(16-15-8)9-5-3-4-6-11(9)13/h3-6,14H,7H2,1-2H3,(H,15,16). The molecule has 0 amide bonds. The number of aromatic nitrogens is 2. The fraction of sp³-hybridized carbons (Fsp3) is 0.250. The van der Waals surface area contributed by atoms with Gasteiger partial charge in [0.1, 0.15) is 5.82 Å². The van der Waals surface area contributed by atoms with Crippen molar-refractivity contribution in [2.75, 3.05) is 7.05 Å². The van der Waals surface area contributed by atoms with Crippen LogP contribution in [0.2, 0.25) is 0 Å². The Balaban J connectivity index is 2.52. The van der Waals surface area contributed by atoms with Crippen molar-refractivity contribution in [1.82, 2.24) is 15.5 Å². The normalized spacial score (nSPS) is 10.7. The Morgan fingerprint density at radius 3 is 2.81 bits per heavy atom. The van der Waals surface area contributed by atoms with Crippen molar-refractivity contribution in [1.29, 1.82) is 0 Å². The molecule has 1 heterocycles. The lowest BCUT2D eigenvalue weighted by atomic mass is 10.1. The van der Waals surface area contributed by atoms with Crippen LogP contribution < -0.4 is 5.32 Å². The van der Waals surface area contributed by atoms with E-state index in [1.54, 1.807) is 12.1 Å². The quantitative estimate of drug-likeness (QED) is 0.831. The van der Waals surface area contributed by atoms with E-state index in [4.69, 9.17) is 0 Å². The third-order valence-electron chi connectivity index (χ3n) is 2.56. The average Bonchev–Trinajstić information content (AvgIpc) is 2.62. The molecule has 0 fully saturated rings. The van der Waals surface area contributed by atoms with E-state index in [-0.39, 0.29) is 5.82 Å². The van der Waals surface area contributed by atoms with Crippen LogP contribution in [0.4, 0.5) is 4.39 Å². The van der Waals surface area contributed by atoms with Crippen LogP contribution >= 0.6 is 0 Å². The van der Waals surface area contributed by atoms with Crippen molar-refractivity contribution in [2.24, 2.45) is 0 Å². The minimum absolute atomic E-state index is 0.244. The molecule has 16 heavy (non-hydrogen) atoms. The van der Waals surface area contributed by atoms with Gasteiger partial charge in [0.05, 0.1) is 5.69 Å². The van der Waals surface area contributed by atoms with Gasteiger partial charge in [-0.05, 0) is 26.1 Å². The Bertz CT molecular complexity index is 491. The average molecular weight is 219 g/mol. The molecule has 1 aromatic carbocycles. The number of aromatic amines is 1. The minimum atomic E-state index is -0.244. The first-order chi connectivity index (χ1) is 7.74. The number of nitrogens with zero attached hydrogens (tertiary/aromatic N) is 1. The van der Waals surface area contributed by atoms with Crippen LogP contribution in [0.15, 0.2) is 24.3 Å². The van der Waals surface area contributed by atoms with E-state index >= 15 is 0 Å². The predicted molar refractivity (Wildman–Crippen MR) is 61.5 cm³/mol. The number of aryl methyl sites for hydroxylation is 1. The number of benzene rings is 1. The highest BCUT2D eigenvalue weighted by molar-refractivity contribution is 5.64. The van der Waals surface area contributed by atoms with Gasteiger partial charge in [0.25, 0.3) is 0 Å². The Morgan fingerprint density at radius 1 is 1.38 bits per heavy atom. The van der Waals surface area contributed by atoms with Gasteiger partial charge < -0.3 is 5.32 Å². The molecule has 0 unspecified atom stereocenters. The highest BCUT2D eigenvalue weighted by atomic mass is 19.1. The molecule has 0 saturated carbocycles. The van der Waals surface area contributed by atoms with E-state index in [0.717, 1.165) is 11.3 Å². The van der Waals surface area contributed by atoms with Gasteiger partial charge in [-0.15, -0.1) is 0 Å². The molecule has 2 N–H and O–H groups in total. The lowest BCUT2D eigenvalue weighted by molar-refractivity contribution is 0.630. The zero-order valence-electron chi connectivity index (χ0n) is 9.34. The molecule has 2 rings (SSSR count). The van der Waals surface area contributed by atoms with Gasteiger partial charge in [0.15, 0.2) is 0 Å². The van der Waals surface area contributed by atoms with Gasteiger partial charge in [-0.3, -0.25) is 5.10 Å². The van der Waals surface area contributed by atoms with Crippen LogP contribution in [-0.4, -0.2) is 17.2 Å². The summed E-state index contributed by atoms with van der Waals surface area (Å²) in [5.41, 5.74) is 3.20. The second-order valence-electron chi connectivity index (χ2n) is 3.69. The van der Waals surface area contributed by atoms with Crippen molar-refractivity contribution in [2.45, 2.75) is 13.5 Å². The Kier molecular flexibility index (Phi) is 3.01. The molecule has 0 aliphatic carbocycles. The molecule has 0 radical (unpaired) electrons. The molecule has 1 aromatic heterocycles. The summed E-state index contributed by atoms with van der Waals surface area (Å²) in [4.78, 5) is 0. The summed E-state index contributed by atoms with van der Waals surface area (Å²) in [6, 6.07) is 6.67. The third-order valence-corrected chi connectivity index (χ3v) is 2.56. The number of rotatable bonds is 3. The summed E-state index contributed by atoms with van der Waals surface area (Å²) < 4.78 is 13.6. The zero-order chi connectivity index (χ0) is 11.5. The molecule has 0 saturated heterocycles. The molecule has 0 atom stereocenters. The Hall–Kier alpha value is -1.68. The number of H-pyrrole nitrogens is 1. The molecule has 0 aliphatic heterocycles. The highest BCUT2D eigenvalue weighted by Gasteiger charge is 2.14. The van der Waals surface area contributed by atoms with Gasteiger partial charge in [-0.1, -0.05) is 12.1 Å². The van der Waals surface area contributed by atoms with Crippen molar-refractivity contribution < 1.29 is 4.39 Å². The lowest BCUT2D eigenvalue weighted by Crippen LogP contribution is -2.06. The van der Waals surface area contributed by atoms with Gasteiger partial charge >= 0.3 is 0 Å². The van der Waals surface area contributed by atoms with E-state index in [2.05, 4.69) is 15.5 Å². The number of nitrogens with one attached hydrogen (secondary N) is 2. The number of hydrogen-bond acceptors (Lipinski definition) is 2. The SMILES string of the molecule is CNCc1c(-c2ccccc2F)n[nH]c1C. The first-order valence-corrected chi connectivity index (χ1v) is 5.17. The lowest BCUT2D eigenvalue weighted by Gasteiger charge is -2.04. The van der Waals surface area contributed by atoms with Crippen molar-refractivity contribution >= 4 is 0 Å². The molecule has 0 aliphatic rings. The summed E-state index contributed by atoms with van der Waals surface area (Å²) in [7, 11) is 1.86. The molecule has 3 nitrogen and oxygen atoms in total. The van der Waals surface area contributed by atoms with Crippen LogP contribution in [0.1, 0.15) is 11.3 Å². The van der Waals surface area contributed by atoms with Crippen molar-refractivity contribution in [3.05, 3.63) is 41.3 Å². The number of hydrogen-bond donors (Lipinski definition) is 2. The fourth-order valence-corrected chi connectivity index (χ4v) is 1.72. The van der Waals surface area contributed by atoms with Crippen molar-refractivity contribution in [3.63, 3.8) is 0 Å². The van der Waals surface area contributed by atoms with Crippen LogP contribution in [0.3, 0.4) is 0 Å². The predicted octanol–water partition coefficient (Wildman–Crippen LogP) is 2.24. The summed E-state index contributed by atoms with van der Waals surface area (Å²) in [5.74, 6) is -0.244. The zero-order valence-corrected chi connectivity index (χ0v) is 9.34. The Labute approximate surface area is 93.7 Å². The highest BCUT2D eigenvalue weighted by Crippen LogP contribution is 2.25. The molecule has 0 bridgehead atoms. The molecular formula is C12H14FN3. The Morgan fingerprint density at radius 2 is 2.12 bits per heavy atom. The molecule has 4 heteroatoms. The maximum Gasteiger partial charge on any atom is 0.132 e. The fourth-order valence-electron chi connectivity index (χ4n) is 1.72. The van der Waals surface area contributed by atoms with Gasteiger partial charge in [-0.2, -0.15) is 5.10 Å². The van der Waals surface area contributed by atoms with Crippen LogP contribution in [0.25, 0.3) is 11.3 Å². The van der Waals surface area contributed by atoms with Crippen LogP contribution in [0, 0.1) is 12.7 Å². The van der Waals surface area contributed by atoms with Crippen LogP contribution in [-0.2, 0) is 6.54 Å². The van der Waals surface area contributed by atoms with E-state index in [9.17, 15) is 4.39 Å². The first-order valence-electron chi connectivity index (χ1n) is 5.17. The molecule has 2 aromatic rings. The topological polar surface area (TPSA) is 40.7 Å². The molecule has 0 spiro atoms. The van der Waals surface area contributed by atoms with E-state index in [1.807, 2.05) is 20.0 Å². The van der Waals surface area contributed by atoms with Crippen LogP contribution in [0.5, 0.6) is 0 Å². The first kappa shape index (κ1) is 10.8. The van der Waals surface area contributed by atoms with Gasteiger partial charge in [-0.25, -0.2) is 4.39 Å². The van der Waals surface area contributed by atoms with Crippen molar-refractivity contribution in [3.8, 4) is 11.3 Å². The second-order valence-corrected chi connectivity index (χ2v) is 3.69. The van der Waals surface area contributed by atoms with E-state index < -0.39 is 0 Å². The van der Waals surface area contributed by atoms with Gasteiger partial charge in [0.2, 0.25) is 0 Å². The third kappa shape index (κ3) is 1.84. The summed E-state index contributed by atoms with van der Waals surface area (Å²) in [6.45, 7) is 2.61. The summed E-state index contributed by atoms with van der Waals surface area (Å²) in [5, 5.41) is 10.1. The summed E-state index contributed by atoms with van der Waals surface area (Å²) >= 11 is 0. The number of halogens is 1. The monoisotopic (exact) mass is 219 g/mol. The van der Waals surface area contributed by atoms with E-state index in [1.165, 1.54) is 6.07 Å². The maximum absolute atomic E-state index is 13.6. The largest absolute Gasteiger partial charge is 0.316 e. The van der Waals surface area contributed by atoms with Gasteiger partial charge in [0, 0.05) is 23.4 Å². The molecule has 84 valence electrons. The molecular weight excluding hydrogens is 205 g/mol. The second kappa shape index (κ2) is 4.45. The maximum atomic E-state index is 13.6. The van der Waals surface area contributed by atoms with E-state index in [0.29, 0.717) is 17.8 Å².